The van der Waals surface area contributed by atoms with Crippen molar-refractivity contribution < 1.29 is 0 Å². The Bertz CT molecular complexity index is 565. The molecule has 1 nitrogen and oxygen atoms in total. The first-order chi connectivity index (χ1) is 14.8. The molecule has 2 aliphatic rings. The first-order valence-electron chi connectivity index (χ1n) is 13.6. The molecule has 1 aliphatic carbocycles. The Hall–Kier alpha value is -0.980. The molecule has 0 saturated heterocycles. The molecule has 0 radical (unpaired) electrons. The zero-order chi connectivity index (χ0) is 20.9. The van der Waals surface area contributed by atoms with Gasteiger partial charge in [-0.3, -0.25) is 0 Å². The Morgan fingerprint density at radius 2 is 1.00 bits per heavy atom. The average molecular weight is 412 g/mol. The van der Waals surface area contributed by atoms with E-state index in [-0.39, 0.29) is 0 Å². The lowest BCUT2D eigenvalue weighted by Crippen LogP contribution is -2.28. The standard InChI is InChI=1S/C29H49N/c1-30-25-28-22-17-15-13-11-9-7-5-3-2-4-6-8-10-12-14-16-20-26(28)24-27-21-18-19-23-29(27)30/h18-19,21,23,26,28H,2-17,20,22,24-25H2,1H3. The molecule has 0 aromatic heterocycles. The lowest BCUT2D eigenvalue weighted by Gasteiger charge is -2.28. The summed E-state index contributed by atoms with van der Waals surface area (Å²) in [7, 11) is 2.33. The molecule has 1 saturated carbocycles. The van der Waals surface area contributed by atoms with Gasteiger partial charge in [0, 0.05) is 19.3 Å². The van der Waals surface area contributed by atoms with Crippen LogP contribution in [0, 0.1) is 11.8 Å². The minimum atomic E-state index is 0.882. The van der Waals surface area contributed by atoms with E-state index in [1.54, 1.807) is 5.56 Å². The second kappa shape index (κ2) is 14.2. The highest BCUT2D eigenvalue weighted by atomic mass is 15.1. The predicted octanol–water partition coefficient (Wildman–Crippen LogP) is 8.95. The van der Waals surface area contributed by atoms with Gasteiger partial charge in [-0.05, 0) is 42.7 Å². The molecule has 2 unspecified atom stereocenters. The van der Waals surface area contributed by atoms with Crippen molar-refractivity contribution in [1.29, 1.82) is 0 Å². The Balaban J connectivity index is 1.55. The van der Waals surface area contributed by atoms with Crippen molar-refractivity contribution in [2.75, 3.05) is 18.5 Å². The van der Waals surface area contributed by atoms with E-state index in [1.165, 1.54) is 134 Å². The molecule has 1 heterocycles. The molecule has 3 rings (SSSR count). The van der Waals surface area contributed by atoms with E-state index in [9.17, 15) is 0 Å². The highest BCUT2D eigenvalue weighted by molar-refractivity contribution is 5.54. The molecule has 1 aromatic carbocycles. The van der Waals surface area contributed by atoms with Gasteiger partial charge in [-0.2, -0.15) is 0 Å². The zero-order valence-electron chi connectivity index (χ0n) is 20.1. The molecule has 1 aliphatic heterocycles. The topological polar surface area (TPSA) is 3.24 Å². The molecule has 0 amide bonds. The first kappa shape index (κ1) is 23.7. The molecule has 1 heteroatoms. The average Bonchev–Trinajstić information content (AvgIpc) is 2.89. The van der Waals surface area contributed by atoms with Crippen molar-refractivity contribution in [3.63, 3.8) is 0 Å². The van der Waals surface area contributed by atoms with Crippen molar-refractivity contribution in [2.45, 2.75) is 122 Å². The monoisotopic (exact) mass is 411 g/mol. The Kier molecular flexibility index (Phi) is 11.2. The number of hydrogen-bond donors (Lipinski definition) is 0. The highest BCUT2D eigenvalue weighted by Gasteiger charge is 2.27. The van der Waals surface area contributed by atoms with Crippen LogP contribution in [0.25, 0.3) is 0 Å². The number of rotatable bonds is 0. The Morgan fingerprint density at radius 1 is 0.567 bits per heavy atom. The minimum Gasteiger partial charge on any atom is -0.374 e. The number of anilines is 1. The molecule has 0 spiro atoms. The second-order valence-corrected chi connectivity index (χ2v) is 10.5. The van der Waals surface area contributed by atoms with Crippen molar-refractivity contribution in [1.82, 2.24) is 0 Å². The van der Waals surface area contributed by atoms with Crippen molar-refractivity contribution in [3.05, 3.63) is 29.8 Å². The number of para-hydroxylation sites is 1. The van der Waals surface area contributed by atoms with E-state index in [1.807, 2.05) is 0 Å². The summed E-state index contributed by atoms with van der Waals surface area (Å²) in [5, 5.41) is 0. The molecule has 2 atom stereocenters. The number of nitrogens with zero attached hydrogens (tertiary/aromatic N) is 1. The summed E-state index contributed by atoms with van der Waals surface area (Å²) in [4.78, 5) is 2.57. The molecule has 1 aromatic rings. The van der Waals surface area contributed by atoms with Crippen LogP contribution in [0.3, 0.4) is 0 Å². The van der Waals surface area contributed by atoms with Gasteiger partial charge < -0.3 is 4.90 Å². The van der Waals surface area contributed by atoms with E-state index in [0.29, 0.717) is 0 Å². The van der Waals surface area contributed by atoms with Gasteiger partial charge in [0.25, 0.3) is 0 Å². The van der Waals surface area contributed by atoms with Crippen molar-refractivity contribution >= 4 is 5.69 Å². The van der Waals surface area contributed by atoms with Crippen molar-refractivity contribution in [3.8, 4) is 0 Å². The van der Waals surface area contributed by atoms with Crippen molar-refractivity contribution in [2.24, 2.45) is 11.8 Å². The van der Waals surface area contributed by atoms with Gasteiger partial charge in [-0.15, -0.1) is 0 Å². The third kappa shape index (κ3) is 8.27. The summed E-state index contributed by atoms with van der Waals surface area (Å²) in [6, 6.07) is 9.22. The third-order valence-electron chi connectivity index (χ3n) is 7.96. The molecule has 30 heavy (non-hydrogen) atoms. The predicted molar refractivity (Wildman–Crippen MR) is 134 cm³/mol. The van der Waals surface area contributed by atoms with E-state index in [2.05, 4.69) is 36.2 Å². The van der Waals surface area contributed by atoms with Gasteiger partial charge in [0.2, 0.25) is 0 Å². The van der Waals surface area contributed by atoms with Crippen LogP contribution in [0.4, 0.5) is 5.69 Å². The van der Waals surface area contributed by atoms with Gasteiger partial charge in [0.15, 0.2) is 0 Å². The molecular formula is C29H49N. The summed E-state index contributed by atoms with van der Waals surface area (Å²) in [6.45, 7) is 1.27. The SMILES string of the molecule is CN1CC2CCCCCCCCCCCCCCCCCCC2Cc2ccccc21. The smallest absolute Gasteiger partial charge is 0.0396 e. The largest absolute Gasteiger partial charge is 0.374 e. The van der Waals surface area contributed by atoms with Crippen LogP contribution in [-0.2, 0) is 6.42 Å². The summed E-state index contributed by atoms with van der Waals surface area (Å²) >= 11 is 0. The number of benzene rings is 1. The zero-order valence-corrected chi connectivity index (χ0v) is 20.1. The van der Waals surface area contributed by atoms with Crippen LogP contribution in [-0.4, -0.2) is 13.6 Å². The van der Waals surface area contributed by atoms with Crippen LogP contribution in [0.15, 0.2) is 24.3 Å². The summed E-state index contributed by atoms with van der Waals surface area (Å²) in [6.07, 6.45) is 27.8. The molecule has 170 valence electrons. The lowest BCUT2D eigenvalue weighted by molar-refractivity contribution is 0.286. The quantitative estimate of drug-likeness (QED) is 0.412. The van der Waals surface area contributed by atoms with Crippen LogP contribution >= 0.6 is 0 Å². The van der Waals surface area contributed by atoms with E-state index in [0.717, 1.165) is 11.8 Å². The van der Waals surface area contributed by atoms with E-state index in [4.69, 9.17) is 0 Å². The van der Waals surface area contributed by atoms with Crippen LogP contribution in [0.2, 0.25) is 0 Å². The van der Waals surface area contributed by atoms with Crippen LogP contribution < -0.4 is 4.90 Å². The van der Waals surface area contributed by atoms with Crippen LogP contribution in [0.5, 0.6) is 0 Å². The second-order valence-electron chi connectivity index (χ2n) is 10.5. The summed E-state index contributed by atoms with van der Waals surface area (Å²) in [5.41, 5.74) is 3.09. The Labute approximate surface area is 188 Å². The lowest BCUT2D eigenvalue weighted by atomic mass is 9.81. The molecule has 0 bridgehead atoms. The number of hydrogen-bond acceptors (Lipinski definition) is 1. The van der Waals surface area contributed by atoms with Gasteiger partial charge >= 0.3 is 0 Å². The maximum absolute atomic E-state index is 2.57. The first-order valence-corrected chi connectivity index (χ1v) is 13.6. The normalized spacial score (nSPS) is 26.8. The fourth-order valence-corrected chi connectivity index (χ4v) is 6.06. The molecule has 0 N–H and O–H groups in total. The van der Waals surface area contributed by atoms with Gasteiger partial charge in [-0.1, -0.05) is 121 Å². The maximum Gasteiger partial charge on any atom is 0.0396 e. The van der Waals surface area contributed by atoms with Crippen LogP contribution in [0.1, 0.15) is 121 Å². The van der Waals surface area contributed by atoms with Gasteiger partial charge in [0.1, 0.15) is 0 Å². The Morgan fingerprint density at radius 3 is 1.53 bits per heavy atom. The highest BCUT2D eigenvalue weighted by Crippen LogP contribution is 2.36. The fourth-order valence-electron chi connectivity index (χ4n) is 6.06. The number of fused-ring (bicyclic) bond motifs is 2. The van der Waals surface area contributed by atoms with E-state index < -0.39 is 0 Å². The van der Waals surface area contributed by atoms with Gasteiger partial charge in [0.05, 0.1) is 0 Å². The maximum atomic E-state index is 2.57. The fraction of sp³-hybridized carbons (Fsp3) is 0.793. The third-order valence-corrected chi connectivity index (χ3v) is 7.96. The van der Waals surface area contributed by atoms with Gasteiger partial charge in [-0.25, -0.2) is 0 Å². The summed E-state index contributed by atoms with van der Waals surface area (Å²) < 4.78 is 0. The van der Waals surface area contributed by atoms with E-state index >= 15 is 0 Å². The minimum absolute atomic E-state index is 0.882. The summed E-state index contributed by atoms with van der Waals surface area (Å²) in [5.74, 6) is 1.77. The molecular weight excluding hydrogens is 362 g/mol. The molecule has 1 fully saturated rings.